The molecule has 1 aliphatic rings. The highest BCUT2D eigenvalue weighted by Crippen LogP contribution is 2.41. The molecule has 1 saturated carbocycles. The van der Waals surface area contributed by atoms with Gasteiger partial charge in [-0.3, -0.25) is 4.79 Å². The number of hydrogen-bond acceptors (Lipinski definition) is 2. The van der Waals surface area contributed by atoms with Crippen molar-refractivity contribution in [3.63, 3.8) is 0 Å². The standard InChI is InChI=1S/C22H26FNO2/c1-3-26-20-12-11-17(15-16(20)2)24-21(25)22(13-7-4-8-14-22)18-9-5-6-10-19(18)23/h5-6,9-12,15H,3-4,7-8,13-14H2,1-2H3,(H,24,25). The molecule has 0 radical (unpaired) electrons. The van der Waals surface area contributed by atoms with Crippen molar-refractivity contribution in [2.75, 3.05) is 11.9 Å². The first-order valence-electron chi connectivity index (χ1n) is 9.37. The van der Waals surface area contributed by atoms with Crippen LogP contribution in [0.1, 0.15) is 50.2 Å². The van der Waals surface area contributed by atoms with E-state index in [0.717, 1.165) is 36.3 Å². The smallest absolute Gasteiger partial charge is 0.235 e. The van der Waals surface area contributed by atoms with Crippen LogP contribution in [0.3, 0.4) is 0 Å². The first kappa shape index (κ1) is 18.4. The van der Waals surface area contributed by atoms with Gasteiger partial charge in [0.1, 0.15) is 11.6 Å². The molecule has 0 aromatic heterocycles. The number of carbonyl (C=O) groups is 1. The van der Waals surface area contributed by atoms with Gasteiger partial charge in [0.05, 0.1) is 12.0 Å². The van der Waals surface area contributed by atoms with Gasteiger partial charge >= 0.3 is 0 Å². The number of amides is 1. The third kappa shape index (κ3) is 3.59. The first-order valence-corrected chi connectivity index (χ1v) is 9.37. The summed E-state index contributed by atoms with van der Waals surface area (Å²) in [6.07, 6.45) is 4.31. The Kier molecular flexibility index (Phi) is 5.60. The number of ether oxygens (including phenoxy) is 1. The lowest BCUT2D eigenvalue weighted by atomic mass is 9.68. The van der Waals surface area contributed by atoms with Crippen LogP contribution in [-0.2, 0) is 10.2 Å². The van der Waals surface area contributed by atoms with Crippen molar-refractivity contribution in [3.05, 3.63) is 59.4 Å². The minimum Gasteiger partial charge on any atom is -0.494 e. The lowest BCUT2D eigenvalue weighted by Crippen LogP contribution is -2.42. The highest BCUT2D eigenvalue weighted by atomic mass is 19.1. The number of benzene rings is 2. The number of anilines is 1. The maximum atomic E-state index is 14.5. The quantitative estimate of drug-likeness (QED) is 0.783. The van der Waals surface area contributed by atoms with Crippen LogP contribution in [0, 0.1) is 12.7 Å². The molecule has 0 atom stereocenters. The largest absolute Gasteiger partial charge is 0.494 e. The van der Waals surface area contributed by atoms with E-state index in [-0.39, 0.29) is 11.7 Å². The van der Waals surface area contributed by atoms with Crippen LogP contribution in [0.15, 0.2) is 42.5 Å². The zero-order chi connectivity index (χ0) is 18.6. The van der Waals surface area contributed by atoms with Crippen molar-refractivity contribution < 1.29 is 13.9 Å². The van der Waals surface area contributed by atoms with E-state index in [1.165, 1.54) is 6.07 Å². The minimum absolute atomic E-state index is 0.120. The topological polar surface area (TPSA) is 38.3 Å². The van der Waals surface area contributed by atoms with Crippen molar-refractivity contribution in [2.45, 2.75) is 51.4 Å². The number of nitrogens with one attached hydrogen (secondary N) is 1. The molecule has 4 heteroatoms. The summed E-state index contributed by atoms with van der Waals surface area (Å²) in [4.78, 5) is 13.3. The van der Waals surface area contributed by atoms with E-state index >= 15 is 0 Å². The van der Waals surface area contributed by atoms with E-state index in [1.807, 2.05) is 38.1 Å². The molecule has 3 rings (SSSR count). The average Bonchev–Trinajstić information content (AvgIpc) is 2.65. The Morgan fingerprint density at radius 3 is 2.54 bits per heavy atom. The van der Waals surface area contributed by atoms with Gasteiger partial charge in [-0.2, -0.15) is 0 Å². The maximum absolute atomic E-state index is 14.5. The molecule has 3 nitrogen and oxygen atoms in total. The molecule has 0 unspecified atom stereocenters. The van der Waals surface area contributed by atoms with Gasteiger partial charge < -0.3 is 10.1 Å². The van der Waals surface area contributed by atoms with Crippen LogP contribution < -0.4 is 10.1 Å². The van der Waals surface area contributed by atoms with Crippen molar-refractivity contribution >= 4 is 11.6 Å². The van der Waals surface area contributed by atoms with Crippen LogP contribution in [0.4, 0.5) is 10.1 Å². The SMILES string of the molecule is CCOc1ccc(NC(=O)C2(c3ccccc3F)CCCCC2)cc1C. The zero-order valence-corrected chi connectivity index (χ0v) is 15.5. The Balaban J connectivity index is 1.90. The summed E-state index contributed by atoms with van der Waals surface area (Å²) in [5, 5.41) is 3.03. The fraction of sp³-hybridized carbons (Fsp3) is 0.409. The molecule has 0 aliphatic heterocycles. The second-order valence-corrected chi connectivity index (χ2v) is 6.99. The molecule has 2 aromatic rings. The Hall–Kier alpha value is -2.36. The monoisotopic (exact) mass is 355 g/mol. The van der Waals surface area contributed by atoms with E-state index in [2.05, 4.69) is 5.32 Å². The summed E-state index contributed by atoms with van der Waals surface area (Å²) in [5.41, 5.74) is 1.40. The highest BCUT2D eigenvalue weighted by molar-refractivity contribution is 5.99. The Bertz CT molecular complexity index is 781. The summed E-state index contributed by atoms with van der Waals surface area (Å²) in [6.45, 7) is 4.49. The molecular formula is C22H26FNO2. The molecular weight excluding hydrogens is 329 g/mol. The summed E-state index contributed by atoms with van der Waals surface area (Å²) in [5.74, 6) is 0.394. The fourth-order valence-electron chi connectivity index (χ4n) is 3.92. The predicted molar refractivity (Wildman–Crippen MR) is 102 cm³/mol. The van der Waals surface area contributed by atoms with Crippen molar-refractivity contribution in [1.29, 1.82) is 0 Å². The number of hydrogen-bond donors (Lipinski definition) is 1. The van der Waals surface area contributed by atoms with Gasteiger partial charge in [-0.05, 0) is 56.5 Å². The van der Waals surface area contributed by atoms with Gasteiger partial charge in [-0.1, -0.05) is 37.5 Å². The normalized spacial score (nSPS) is 16.1. The summed E-state index contributed by atoms with van der Waals surface area (Å²) < 4.78 is 20.1. The molecule has 0 bridgehead atoms. The molecule has 1 N–H and O–H groups in total. The molecule has 1 amide bonds. The first-order chi connectivity index (χ1) is 12.6. The van der Waals surface area contributed by atoms with Gasteiger partial charge in [-0.15, -0.1) is 0 Å². The van der Waals surface area contributed by atoms with Gasteiger partial charge in [-0.25, -0.2) is 4.39 Å². The van der Waals surface area contributed by atoms with Crippen molar-refractivity contribution in [1.82, 2.24) is 0 Å². The zero-order valence-electron chi connectivity index (χ0n) is 15.5. The maximum Gasteiger partial charge on any atom is 0.235 e. The number of aryl methyl sites for hydroxylation is 1. The van der Waals surface area contributed by atoms with E-state index in [9.17, 15) is 9.18 Å². The molecule has 1 fully saturated rings. The molecule has 26 heavy (non-hydrogen) atoms. The molecule has 2 aromatic carbocycles. The van der Waals surface area contributed by atoms with E-state index in [0.29, 0.717) is 25.0 Å². The highest BCUT2D eigenvalue weighted by Gasteiger charge is 2.42. The van der Waals surface area contributed by atoms with E-state index in [1.54, 1.807) is 12.1 Å². The second kappa shape index (κ2) is 7.90. The number of carbonyl (C=O) groups excluding carboxylic acids is 1. The fourth-order valence-corrected chi connectivity index (χ4v) is 3.92. The van der Waals surface area contributed by atoms with Crippen LogP contribution in [-0.4, -0.2) is 12.5 Å². The molecule has 0 heterocycles. The molecule has 0 saturated heterocycles. The van der Waals surface area contributed by atoms with Gasteiger partial charge in [0, 0.05) is 11.3 Å². The molecule has 1 aliphatic carbocycles. The summed E-state index contributed by atoms with van der Waals surface area (Å²) in [6, 6.07) is 12.3. The predicted octanol–water partition coefficient (Wildman–Crippen LogP) is 5.37. The van der Waals surface area contributed by atoms with Gasteiger partial charge in [0.25, 0.3) is 0 Å². The lowest BCUT2D eigenvalue weighted by Gasteiger charge is -2.36. The third-order valence-corrected chi connectivity index (χ3v) is 5.26. The van der Waals surface area contributed by atoms with E-state index < -0.39 is 5.41 Å². The van der Waals surface area contributed by atoms with E-state index in [4.69, 9.17) is 4.74 Å². The average molecular weight is 355 g/mol. The van der Waals surface area contributed by atoms with Crippen molar-refractivity contribution in [3.8, 4) is 5.75 Å². The minimum atomic E-state index is -0.796. The number of halogens is 1. The number of rotatable bonds is 5. The Morgan fingerprint density at radius 2 is 1.88 bits per heavy atom. The van der Waals surface area contributed by atoms with Gasteiger partial charge in [0.15, 0.2) is 0 Å². The summed E-state index contributed by atoms with van der Waals surface area (Å²) >= 11 is 0. The lowest BCUT2D eigenvalue weighted by molar-refractivity contribution is -0.122. The molecule has 138 valence electrons. The molecule has 0 spiro atoms. The third-order valence-electron chi connectivity index (χ3n) is 5.26. The Labute approximate surface area is 154 Å². The summed E-state index contributed by atoms with van der Waals surface area (Å²) in [7, 11) is 0. The van der Waals surface area contributed by atoms with Crippen LogP contribution in [0.25, 0.3) is 0 Å². The Morgan fingerprint density at radius 1 is 1.15 bits per heavy atom. The van der Waals surface area contributed by atoms with Crippen molar-refractivity contribution in [2.24, 2.45) is 0 Å². The van der Waals surface area contributed by atoms with Crippen LogP contribution in [0.5, 0.6) is 5.75 Å². The van der Waals surface area contributed by atoms with Crippen LogP contribution in [0.2, 0.25) is 0 Å². The van der Waals surface area contributed by atoms with Gasteiger partial charge in [0.2, 0.25) is 5.91 Å². The van der Waals surface area contributed by atoms with Crippen LogP contribution >= 0.6 is 0 Å². The second-order valence-electron chi connectivity index (χ2n) is 6.99.